The van der Waals surface area contributed by atoms with Gasteiger partial charge in [0.1, 0.15) is 5.82 Å². The van der Waals surface area contributed by atoms with Gasteiger partial charge in [0.25, 0.3) is 5.91 Å². The Labute approximate surface area is 153 Å². The average molecular weight is 369 g/mol. The summed E-state index contributed by atoms with van der Waals surface area (Å²) < 4.78 is 5.25. The van der Waals surface area contributed by atoms with Gasteiger partial charge in [-0.15, -0.1) is 0 Å². The van der Waals surface area contributed by atoms with Crippen molar-refractivity contribution in [2.45, 2.75) is 20.8 Å². The third kappa shape index (κ3) is 5.57. The highest BCUT2D eigenvalue weighted by Gasteiger charge is 2.21. The van der Waals surface area contributed by atoms with Gasteiger partial charge < -0.3 is 20.3 Å². The fourth-order valence-corrected chi connectivity index (χ4v) is 2.49. The van der Waals surface area contributed by atoms with Gasteiger partial charge in [0, 0.05) is 37.8 Å². The molecule has 7 nitrogen and oxygen atoms in total. The van der Waals surface area contributed by atoms with Crippen LogP contribution >= 0.6 is 11.6 Å². The quantitative estimate of drug-likeness (QED) is 0.774. The molecule has 0 unspecified atom stereocenters. The Kier molecular flexibility index (Phi) is 6.61. The van der Waals surface area contributed by atoms with Gasteiger partial charge in [0.15, 0.2) is 0 Å². The van der Waals surface area contributed by atoms with Crippen LogP contribution in [0.5, 0.6) is 0 Å². The maximum Gasteiger partial charge on any atom is 0.255 e. The first-order chi connectivity index (χ1) is 11.8. The molecule has 2 amide bonds. The van der Waals surface area contributed by atoms with E-state index in [1.807, 2.05) is 20.8 Å². The summed E-state index contributed by atoms with van der Waals surface area (Å²) in [5.41, 5.74) is 0.0377. The van der Waals surface area contributed by atoms with E-state index in [1.165, 1.54) is 6.20 Å². The molecule has 0 spiro atoms. The van der Waals surface area contributed by atoms with E-state index >= 15 is 0 Å². The van der Waals surface area contributed by atoms with Crippen molar-refractivity contribution in [2.75, 3.05) is 44.7 Å². The Morgan fingerprint density at radius 3 is 2.56 bits per heavy atom. The van der Waals surface area contributed by atoms with Crippen LogP contribution in [0.4, 0.5) is 5.82 Å². The fraction of sp³-hybridized carbons (Fsp3) is 0.588. The molecular formula is C17H25ClN4O3. The Morgan fingerprint density at radius 2 is 1.96 bits per heavy atom. The number of carbonyl (C=O) groups is 2. The molecule has 2 rings (SSSR count). The molecule has 0 aliphatic carbocycles. The van der Waals surface area contributed by atoms with Gasteiger partial charge in [-0.2, -0.15) is 0 Å². The summed E-state index contributed by atoms with van der Waals surface area (Å²) in [7, 11) is 0. The van der Waals surface area contributed by atoms with Crippen molar-refractivity contribution in [3.63, 3.8) is 0 Å². The summed E-state index contributed by atoms with van der Waals surface area (Å²) in [6, 6.07) is 1.61. The molecule has 0 saturated carbocycles. The minimum absolute atomic E-state index is 0.0141. The van der Waals surface area contributed by atoms with E-state index in [1.54, 1.807) is 11.0 Å². The largest absolute Gasteiger partial charge is 0.378 e. The predicted molar refractivity (Wildman–Crippen MR) is 96.9 cm³/mol. The molecule has 138 valence electrons. The molecule has 8 heteroatoms. The lowest BCUT2D eigenvalue weighted by molar-refractivity contribution is -0.128. The number of aromatic nitrogens is 1. The van der Waals surface area contributed by atoms with E-state index in [-0.39, 0.29) is 11.8 Å². The second-order valence-electron chi connectivity index (χ2n) is 6.89. The van der Waals surface area contributed by atoms with Crippen molar-refractivity contribution in [3.05, 3.63) is 22.8 Å². The number of nitrogens with one attached hydrogen (secondary N) is 2. The molecule has 1 fully saturated rings. The van der Waals surface area contributed by atoms with Crippen molar-refractivity contribution in [1.82, 2.24) is 15.2 Å². The minimum atomic E-state index is -0.419. The molecule has 2 N–H and O–H groups in total. The number of hydrogen-bond donors (Lipinski definition) is 2. The van der Waals surface area contributed by atoms with E-state index in [0.717, 1.165) is 0 Å². The average Bonchev–Trinajstić information content (AvgIpc) is 2.58. The number of carbonyl (C=O) groups excluding carboxylic acids is 2. The van der Waals surface area contributed by atoms with Gasteiger partial charge in [0.05, 0.1) is 23.8 Å². The molecule has 0 bridgehead atoms. The van der Waals surface area contributed by atoms with Crippen LogP contribution in [0.3, 0.4) is 0 Å². The SMILES string of the molecule is CC(C)(C)C(=O)NCCNc1ncc(C(=O)N2CCOCC2)cc1Cl. The first-order valence-corrected chi connectivity index (χ1v) is 8.71. The number of ether oxygens (including phenoxy) is 1. The van der Waals surface area contributed by atoms with Crippen molar-refractivity contribution in [2.24, 2.45) is 5.41 Å². The van der Waals surface area contributed by atoms with Crippen LogP contribution in [0.25, 0.3) is 0 Å². The maximum atomic E-state index is 12.4. The van der Waals surface area contributed by atoms with Crippen molar-refractivity contribution >= 4 is 29.2 Å². The number of hydrogen-bond acceptors (Lipinski definition) is 5. The van der Waals surface area contributed by atoms with E-state index < -0.39 is 5.41 Å². The topological polar surface area (TPSA) is 83.6 Å². The third-order valence-electron chi connectivity index (χ3n) is 3.77. The first-order valence-electron chi connectivity index (χ1n) is 8.34. The van der Waals surface area contributed by atoms with Gasteiger partial charge in [-0.25, -0.2) is 4.98 Å². The van der Waals surface area contributed by atoms with Gasteiger partial charge in [-0.3, -0.25) is 9.59 Å². The minimum Gasteiger partial charge on any atom is -0.378 e. The molecule has 0 radical (unpaired) electrons. The molecular weight excluding hydrogens is 344 g/mol. The normalized spacial score (nSPS) is 15.0. The summed E-state index contributed by atoms with van der Waals surface area (Å²) >= 11 is 6.22. The van der Waals surface area contributed by atoms with Crippen LogP contribution < -0.4 is 10.6 Å². The number of pyridine rings is 1. The number of halogens is 1. The Bertz CT molecular complexity index is 625. The second-order valence-corrected chi connectivity index (χ2v) is 7.30. The van der Waals surface area contributed by atoms with Gasteiger partial charge in [-0.05, 0) is 6.07 Å². The lowest BCUT2D eigenvalue weighted by atomic mass is 9.96. The number of morpholine rings is 1. The Balaban J connectivity index is 1.87. The third-order valence-corrected chi connectivity index (χ3v) is 4.06. The summed E-state index contributed by atoms with van der Waals surface area (Å²) in [6.45, 7) is 8.77. The number of nitrogens with zero attached hydrogens (tertiary/aromatic N) is 2. The summed E-state index contributed by atoms with van der Waals surface area (Å²) in [5, 5.41) is 6.28. The first kappa shape index (κ1) is 19.5. The molecule has 0 atom stereocenters. The van der Waals surface area contributed by atoms with Crippen LogP contribution in [-0.2, 0) is 9.53 Å². The Hall–Kier alpha value is -1.86. The molecule has 1 aliphatic rings. The molecule has 1 saturated heterocycles. The summed E-state index contributed by atoms with van der Waals surface area (Å²) in [6.07, 6.45) is 1.51. The lowest BCUT2D eigenvalue weighted by Gasteiger charge is -2.26. The van der Waals surface area contributed by atoms with E-state index in [4.69, 9.17) is 16.3 Å². The zero-order chi connectivity index (χ0) is 18.4. The monoisotopic (exact) mass is 368 g/mol. The molecule has 1 aliphatic heterocycles. The van der Waals surface area contributed by atoms with Crippen molar-refractivity contribution < 1.29 is 14.3 Å². The highest BCUT2D eigenvalue weighted by Crippen LogP contribution is 2.21. The molecule has 0 aromatic carbocycles. The highest BCUT2D eigenvalue weighted by atomic mass is 35.5. The molecule has 25 heavy (non-hydrogen) atoms. The standard InChI is InChI=1S/C17H25ClN4O3/c1-17(2,3)16(24)20-5-4-19-14-13(18)10-12(11-21-14)15(23)22-6-8-25-9-7-22/h10-11H,4-9H2,1-3H3,(H,19,21)(H,20,24). The number of rotatable bonds is 5. The predicted octanol–water partition coefficient (Wildman–Crippen LogP) is 1.78. The van der Waals surface area contributed by atoms with Gasteiger partial charge >= 0.3 is 0 Å². The fourth-order valence-electron chi connectivity index (χ4n) is 2.26. The van der Waals surface area contributed by atoms with E-state index in [2.05, 4.69) is 15.6 Å². The van der Waals surface area contributed by atoms with Crippen molar-refractivity contribution in [1.29, 1.82) is 0 Å². The smallest absolute Gasteiger partial charge is 0.255 e. The molecule has 2 heterocycles. The van der Waals surface area contributed by atoms with Crippen molar-refractivity contribution in [3.8, 4) is 0 Å². The van der Waals surface area contributed by atoms with E-state index in [0.29, 0.717) is 55.8 Å². The summed E-state index contributed by atoms with van der Waals surface area (Å²) in [4.78, 5) is 30.1. The van der Waals surface area contributed by atoms with Crippen LogP contribution in [0, 0.1) is 5.41 Å². The molecule has 1 aromatic heterocycles. The van der Waals surface area contributed by atoms with Crippen LogP contribution in [0.15, 0.2) is 12.3 Å². The number of anilines is 1. The van der Waals surface area contributed by atoms with Gasteiger partial charge in [0.2, 0.25) is 5.91 Å². The Morgan fingerprint density at radius 1 is 1.28 bits per heavy atom. The lowest BCUT2D eigenvalue weighted by Crippen LogP contribution is -2.40. The van der Waals surface area contributed by atoms with Crippen LogP contribution in [0.2, 0.25) is 5.02 Å². The second kappa shape index (κ2) is 8.49. The zero-order valence-corrected chi connectivity index (χ0v) is 15.7. The highest BCUT2D eigenvalue weighted by molar-refractivity contribution is 6.33. The molecule has 1 aromatic rings. The number of amides is 2. The van der Waals surface area contributed by atoms with Gasteiger partial charge in [-0.1, -0.05) is 32.4 Å². The maximum absolute atomic E-state index is 12.4. The zero-order valence-electron chi connectivity index (χ0n) is 14.9. The summed E-state index contributed by atoms with van der Waals surface area (Å²) in [5.74, 6) is 0.381. The van der Waals surface area contributed by atoms with E-state index in [9.17, 15) is 9.59 Å². The van der Waals surface area contributed by atoms with Crippen LogP contribution in [-0.4, -0.2) is 61.1 Å². The van der Waals surface area contributed by atoms with Crippen LogP contribution in [0.1, 0.15) is 31.1 Å².